The molecule has 2 heterocycles. The van der Waals surface area contributed by atoms with E-state index in [-0.39, 0.29) is 18.0 Å². The fourth-order valence-electron chi connectivity index (χ4n) is 4.19. The van der Waals surface area contributed by atoms with Crippen LogP contribution in [-0.4, -0.2) is 40.9 Å². The van der Waals surface area contributed by atoms with Gasteiger partial charge in [0.05, 0.1) is 17.7 Å². The molecule has 0 radical (unpaired) electrons. The average Bonchev–Trinajstić information content (AvgIpc) is 2.89. The minimum atomic E-state index is -0.163. The Morgan fingerprint density at radius 1 is 1.00 bits per heavy atom. The zero-order valence-corrected chi connectivity index (χ0v) is 17.5. The van der Waals surface area contributed by atoms with Gasteiger partial charge in [0.25, 0.3) is 0 Å². The second-order valence-corrected chi connectivity index (χ2v) is 8.22. The highest BCUT2D eigenvalue weighted by atomic mass is 35.5. The van der Waals surface area contributed by atoms with Crippen molar-refractivity contribution in [3.05, 3.63) is 70.7 Å². The smallest absolute Gasteiger partial charge is 0.269 e. The number of nitrogens with one attached hydrogen (secondary N) is 1. The largest absolute Gasteiger partial charge is 0.352 e. The number of benzene rings is 2. The van der Waals surface area contributed by atoms with Crippen LogP contribution in [0.25, 0.3) is 0 Å². The van der Waals surface area contributed by atoms with Gasteiger partial charge in [0, 0.05) is 18.1 Å². The first-order chi connectivity index (χ1) is 14.1. The lowest BCUT2D eigenvalue weighted by Gasteiger charge is -2.27. The van der Waals surface area contributed by atoms with Crippen LogP contribution in [-0.2, 0) is 0 Å². The number of hydrazone groups is 1. The Kier molecular flexibility index (Phi) is 6.16. The lowest BCUT2D eigenvalue weighted by molar-refractivity contribution is 0.140. The minimum Gasteiger partial charge on any atom is -0.269 e. The van der Waals surface area contributed by atoms with Gasteiger partial charge in [-0.15, -0.1) is 0 Å². The van der Waals surface area contributed by atoms with Crippen molar-refractivity contribution in [2.24, 2.45) is 5.10 Å². The summed E-state index contributed by atoms with van der Waals surface area (Å²) in [6, 6.07) is 17.7. The number of carbonyl (C=O) groups is 1. The third-order valence-electron chi connectivity index (χ3n) is 5.74. The highest BCUT2D eigenvalue weighted by Gasteiger charge is 2.39. The van der Waals surface area contributed by atoms with E-state index in [1.54, 1.807) is 5.01 Å². The normalized spacial score (nSPS) is 22.8. The zero-order valence-electron chi connectivity index (χ0n) is 16.7. The van der Waals surface area contributed by atoms with E-state index in [1.165, 1.54) is 12.8 Å². The zero-order chi connectivity index (χ0) is 20.2. The van der Waals surface area contributed by atoms with E-state index in [4.69, 9.17) is 16.7 Å². The highest BCUT2D eigenvalue weighted by molar-refractivity contribution is 6.30. The number of nitrogens with zero attached hydrogens (tertiary/aromatic N) is 3. The molecule has 1 fully saturated rings. The monoisotopic (exact) mass is 410 g/mol. The van der Waals surface area contributed by atoms with Gasteiger partial charge in [-0.2, -0.15) is 5.10 Å². The van der Waals surface area contributed by atoms with E-state index >= 15 is 0 Å². The second-order valence-electron chi connectivity index (χ2n) is 7.78. The van der Waals surface area contributed by atoms with Gasteiger partial charge >= 0.3 is 6.03 Å². The number of rotatable bonds is 3. The van der Waals surface area contributed by atoms with Crippen LogP contribution in [0.3, 0.4) is 0 Å². The standard InChI is InChI=1S/C23H27ClN4O/c1-17-21(18-9-5-4-6-10-18)22(19-11-13-20(24)14-12-19)25-28(17)23(29)26-27-15-7-2-3-8-16-27/h4-6,9-14,17,21H,2-3,7-8,15-16H2,1H3,(H,26,29)/t17-,21+/m1/s1. The third-order valence-corrected chi connectivity index (χ3v) is 6.00. The van der Waals surface area contributed by atoms with E-state index in [2.05, 4.69) is 24.5 Å². The van der Waals surface area contributed by atoms with Crippen LogP contribution in [0.4, 0.5) is 4.79 Å². The van der Waals surface area contributed by atoms with E-state index < -0.39 is 0 Å². The van der Waals surface area contributed by atoms with Gasteiger partial charge in [0.15, 0.2) is 0 Å². The lowest BCUT2D eigenvalue weighted by atomic mass is 9.86. The summed E-state index contributed by atoms with van der Waals surface area (Å²) in [6.07, 6.45) is 4.67. The van der Waals surface area contributed by atoms with Gasteiger partial charge in [0.1, 0.15) is 0 Å². The second kappa shape index (κ2) is 8.97. The molecule has 6 heteroatoms. The van der Waals surface area contributed by atoms with E-state index in [9.17, 15) is 4.79 Å². The van der Waals surface area contributed by atoms with Crippen molar-refractivity contribution in [3.8, 4) is 0 Å². The topological polar surface area (TPSA) is 47.9 Å². The average molecular weight is 411 g/mol. The molecule has 2 amide bonds. The van der Waals surface area contributed by atoms with Gasteiger partial charge in [-0.1, -0.05) is 66.9 Å². The van der Waals surface area contributed by atoms with E-state index in [0.717, 1.165) is 42.8 Å². The van der Waals surface area contributed by atoms with Crippen molar-refractivity contribution in [1.29, 1.82) is 0 Å². The van der Waals surface area contributed by atoms with Crippen LogP contribution < -0.4 is 5.43 Å². The molecule has 2 atom stereocenters. The number of hydrogen-bond donors (Lipinski definition) is 1. The number of amides is 2. The molecular formula is C23H27ClN4O. The highest BCUT2D eigenvalue weighted by Crippen LogP contribution is 2.34. The Morgan fingerprint density at radius 3 is 2.31 bits per heavy atom. The number of hydrazine groups is 1. The lowest BCUT2D eigenvalue weighted by Crippen LogP contribution is -2.49. The van der Waals surface area contributed by atoms with Gasteiger partial charge in [-0.3, -0.25) is 5.43 Å². The Morgan fingerprint density at radius 2 is 1.66 bits per heavy atom. The SMILES string of the molecule is C[C@@H]1[C@@H](c2ccccc2)C(c2ccc(Cl)cc2)=NN1C(=O)NN1CCCCCC1. The third kappa shape index (κ3) is 4.46. The number of hydrogen-bond acceptors (Lipinski definition) is 3. The molecule has 5 nitrogen and oxygen atoms in total. The molecule has 1 saturated heterocycles. The molecule has 0 aromatic heterocycles. The quantitative estimate of drug-likeness (QED) is 0.771. The van der Waals surface area contributed by atoms with Crippen LogP contribution in [0, 0.1) is 0 Å². The Bertz CT molecular complexity index is 860. The molecule has 2 aliphatic heterocycles. The summed E-state index contributed by atoms with van der Waals surface area (Å²) in [5.74, 6) is 0.00672. The van der Waals surface area contributed by atoms with Gasteiger partial charge in [0.2, 0.25) is 0 Å². The van der Waals surface area contributed by atoms with Crippen LogP contribution >= 0.6 is 11.6 Å². The summed E-state index contributed by atoms with van der Waals surface area (Å²) in [6.45, 7) is 3.85. The van der Waals surface area contributed by atoms with Crippen molar-refractivity contribution >= 4 is 23.3 Å². The molecule has 29 heavy (non-hydrogen) atoms. The predicted octanol–water partition coefficient (Wildman–Crippen LogP) is 5.03. The van der Waals surface area contributed by atoms with Crippen molar-refractivity contribution in [2.75, 3.05) is 13.1 Å². The molecule has 0 unspecified atom stereocenters. The maximum absolute atomic E-state index is 13.1. The molecule has 1 N–H and O–H groups in total. The van der Waals surface area contributed by atoms with Gasteiger partial charge < -0.3 is 0 Å². The van der Waals surface area contributed by atoms with Crippen molar-refractivity contribution in [2.45, 2.75) is 44.6 Å². The number of urea groups is 1. The first-order valence-electron chi connectivity index (χ1n) is 10.4. The van der Waals surface area contributed by atoms with Crippen LogP contribution in [0.5, 0.6) is 0 Å². The fourth-order valence-corrected chi connectivity index (χ4v) is 4.32. The molecule has 2 aromatic carbocycles. The summed E-state index contributed by atoms with van der Waals surface area (Å²) in [7, 11) is 0. The van der Waals surface area contributed by atoms with Crippen molar-refractivity contribution in [1.82, 2.24) is 15.4 Å². The van der Waals surface area contributed by atoms with Crippen LogP contribution in [0.15, 0.2) is 59.7 Å². The molecule has 0 aliphatic carbocycles. The summed E-state index contributed by atoms with van der Waals surface area (Å²) in [4.78, 5) is 13.1. The molecule has 0 saturated carbocycles. The van der Waals surface area contributed by atoms with Crippen LogP contribution in [0.1, 0.15) is 49.7 Å². The molecule has 2 aliphatic rings. The Hall–Kier alpha value is -2.37. The van der Waals surface area contributed by atoms with Crippen molar-refractivity contribution < 1.29 is 4.79 Å². The summed E-state index contributed by atoms with van der Waals surface area (Å²) in [5.41, 5.74) is 6.11. The molecule has 152 valence electrons. The molecule has 2 aromatic rings. The fraction of sp³-hybridized carbons (Fsp3) is 0.391. The van der Waals surface area contributed by atoms with E-state index in [0.29, 0.717) is 5.02 Å². The summed E-state index contributed by atoms with van der Waals surface area (Å²) in [5, 5.41) is 9.11. The van der Waals surface area contributed by atoms with Gasteiger partial charge in [-0.05, 0) is 43.0 Å². The maximum atomic E-state index is 13.1. The maximum Gasteiger partial charge on any atom is 0.352 e. The molecule has 0 bridgehead atoms. The number of carbonyl (C=O) groups excluding carboxylic acids is 1. The molecular weight excluding hydrogens is 384 g/mol. The summed E-state index contributed by atoms with van der Waals surface area (Å²) >= 11 is 6.08. The molecule has 0 spiro atoms. The molecule has 4 rings (SSSR count). The Labute approximate surface area is 177 Å². The Balaban J connectivity index is 1.62. The summed E-state index contributed by atoms with van der Waals surface area (Å²) < 4.78 is 0. The number of halogens is 1. The first kappa shape index (κ1) is 19.9. The van der Waals surface area contributed by atoms with Crippen LogP contribution in [0.2, 0.25) is 5.02 Å². The minimum absolute atomic E-state index is 0.00672. The van der Waals surface area contributed by atoms with E-state index in [1.807, 2.05) is 47.5 Å². The van der Waals surface area contributed by atoms with Gasteiger partial charge in [-0.25, -0.2) is 14.8 Å². The van der Waals surface area contributed by atoms with Crippen molar-refractivity contribution in [3.63, 3.8) is 0 Å². The first-order valence-corrected chi connectivity index (χ1v) is 10.8. The predicted molar refractivity (Wildman–Crippen MR) is 117 cm³/mol.